The first-order chi connectivity index (χ1) is 21.9. The monoisotopic (exact) mass is 636 g/mol. The number of nitrogens with one attached hydrogen (secondary N) is 4. The molecule has 13 heteroatoms. The summed E-state index contributed by atoms with van der Waals surface area (Å²) in [5.41, 5.74) is 12.5. The molecule has 250 valence electrons. The van der Waals surface area contributed by atoms with E-state index in [0.717, 1.165) is 11.1 Å². The number of pyridine rings is 1. The lowest BCUT2D eigenvalue weighted by Gasteiger charge is -2.28. The highest BCUT2D eigenvalue weighted by atomic mass is 16.5. The Morgan fingerprint density at radius 1 is 0.913 bits per heavy atom. The number of amides is 4. The fourth-order valence-corrected chi connectivity index (χ4v) is 4.31. The van der Waals surface area contributed by atoms with Crippen molar-refractivity contribution >= 4 is 35.9 Å². The van der Waals surface area contributed by atoms with Crippen molar-refractivity contribution in [1.82, 2.24) is 26.3 Å². The smallest absolute Gasteiger partial charge is 0.408 e. The molecule has 0 aliphatic heterocycles. The second kappa shape index (κ2) is 20.2. The SMILES string of the molecule is CC(C)C[C@H](NC(=O)[C@H](CCCN=C(N)N)NC(=O)OCc1ccccc1)C(=O)N[C@H](CNC(=O)/C=C/c1ccncc1)C(C)C. The van der Waals surface area contributed by atoms with Crippen molar-refractivity contribution in [2.75, 3.05) is 13.1 Å². The average Bonchev–Trinajstić information content (AvgIpc) is 3.02. The Bertz CT molecular complexity index is 1300. The van der Waals surface area contributed by atoms with Crippen molar-refractivity contribution in [3.05, 3.63) is 72.1 Å². The zero-order chi connectivity index (χ0) is 33.9. The number of benzene rings is 1. The van der Waals surface area contributed by atoms with Gasteiger partial charge in [-0.3, -0.25) is 24.4 Å². The molecular formula is C33H48N8O5. The third-order valence-electron chi connectivity index (χ3n) is 6.87. The highest BCUT2D eigenvalue weighted by Crippen LogP contribution is 2.10. The van der Waals surface area contributed by atoms with Crippen molar-refractivity contribution in [2.24, 2.45) is 28.3 Å². The van der Waals surface area contributed by atoms with Crippen molar-refractivity contribution < 1.29 is 23.9 Å². The number of hydrogen-bond donors (Lipinski definition) is 6. The summed E-state index contributed by atoms with van der Waals surface area (Å²) >= 11 is 0. The Labute approximate surface area is 271 Å². The number of carbonyl (C=O) groups excluding carboxylic acids is 4. The summed E-state index contributed by atoms with van der Waals surface area (Å²) in [7, 11) is 0. The summed E-state index contributed by atoms with van der Waals surface area (Å²) in [6, 6.07) is 10.4. The molecule has 2 aromatic rings. The van der Waals surface area contributed by atoms with Gasteiger partial charge in [-0.05, 0) is 60.4 Å². The normalized spacial score (nSPS) is 13.0. The van der Waals surface area contributed by atoms with Gasteiger partial charge in [-0.25, -0.2) is 4.79 Å². The van der Waals surface area contributed by atoms with E-state index < -0.39 is 36.0 Å². The van der Waals surface area contributed by atoms with Crippen LogP contribution < -0.4 is 32.7 Å². The van der Waals surface area contributed by atoms with Crippen LogP contribution in [0.1, 0.15) is 58.1 Å². The van der Waals surface area contributed by atoms with E-state index in [1.165, 1.54) is 6.08 Å². The number of nitrogens with two attached hydrogens (primary N) is 2. The minimum Gasteiger partial charge on any atom is -0.445 e. The van der Waals surface area contributed by atoms with Gasteiger partial charge < -0.3 is 37.5 Å². The number of alkyl carbamates (subject to hydrolysis) is 1. The van der Waals surface area contributed by atoms with E-state index in [0.29, 0.717) is 12.8 Å². The number of guanidine groups is 1. The first-order valence-electron chi connectivity index (χ1n) is 15.4. The van der Waals surface area contributed by atoms with Crippen LogP contribution in [0.25, 0.3) is 6.08 Å². The zero-order valence-electron chi connectivity index (χ0n) is 27.1. The molecule has 0 saturated heterocycles. The van der Waals surface area contributed by atoms with E-state index in [-0.39, 0.29) is 49.8 Å². The first kappa shape index (κ1) is 37.2. The number of nitrogens with zero attached hydrogens (tertiary/aromatic N) is 2. The number of carbonyl (C=O) groups is 4. The second-order valence-electron chi connectivity index (χ2n) is 11.6. The van der Waals surface area contributed by atoms with Crippen LogP contribution in [0.2, 0.25) is 0 Å². The van der Waals surface area contributed by atoms with Crippen LogP contribution in [-0.2, 0) is 25.7 Å². The summed E-state index contributed by atoms with van der Waals surface area (Å²) in [6.45, 7) is 8.20. The van der Waals surface area contributed by atoms with E-state index in [2.05, 4.69) is 31.2 Å². The first-order valence-corrected chi connectivity index (χ1v) is 15.4. The van der Waals surface area contributed by atoms with E-state index in [1.54, 1.807) is 30.6 Å². The summed E-state index contributed by atoms with van der Waals surface area (Å²) in [5.74, 6) is -1.28. The van der Waals surface area contributed by atoms with E-state index in [4.69, 9.17) is 16.2 Å². The van der Waals surface area contributed by atoms with Gasteiger partial charge in [-0.15, -0.1) is 0 Å². The molecule has 1 aromatic carbocycles. The van der Waals surface area contributed by atoms with Gasteiger partial charge in [0.2, 0.25) is 17.7 Å². The third kappa shape index (κ3) is 15.2. The summed E-state index contributed by atoms with van der Waals surface area (Å²) < 4.78 is 5.32. The number of aliphatic imine (C=N–C) groups is 1. The molecule has 0 radical (unpaired) electrons. The molecule has 3 atom stereocenters. The Morgan fingerprint density at radius 3 is 2.22 bits per heavy atom. The maximum absolute atomic E-state index is 13.5. The van der Waals surface area contributed by atoms with Crippen molar-refractivity contribution in [1.29, 1.82) is 0 Å². The molecule has 0 fully saturated rings. The van der Waals surface area contributed by atoms with Gasteiger partial charge in [0, 0.05) is 37.6 Å². The summed E-state index contributed by atoms with van der Waals surface area (Å²) in [4.78, 5) is 60.0. The minimum absolute atomic E-state index is 0.0202. The molecular weight excluding hydrogens is 588 g/mol. The molecule has 0 spiro atoms. The standard InChI is InChI=1S/C33H48N8O5/c1-22(2)19-27(31(44)40-28(23(3)4)20-38-29(42)13-12-24-14-17-36-18-15-24)39-30(43)26(11-8-16-37-32(34)35)41-33(45)46-21-25-9-6-5-7-10-25/h5-7,9-10,12-15,17-18,22-23,26-28H,8,11,16,19-21H2,1-4H3,(H,38,42)(H,39,43)(H,40,44)(H,41,45)(H4,34,35,37)/b13-12+/t26-,27-,28+/m0/s1. The van der Waals surface area contributed by atoms with Crippen LogP contribution >= 0.6 is 0 Å². The van der Waals surface area contributed by atoms with Gasteiger partial charge in [0.05, 0.1) is 0 Å². The van der Waals surface area contributed by atoms with Crippen molar-refractivity contribution in [2.45, 2.75) is 71.7 Å². The number of rotatable bonds is 18. The molecule has 1 heterocycles. The largest absolute Gasteiger partial charge is 0.445 e. The molecule has 8 N–H and O–H groups in total. The maximum Gasteiger partial charge on any atom is 0.408 e. The minimum atomic E-state index is -1.01. The average molecular weight is 637 g/mol. The van der Waals surface area contributed by atoms with Crippen LogP contribution in [0, 0.1) is 11.8 Å². The van der Waals surface area contributed by atoms with Crippen molar-refractivity contribution in [3.63, 3.8) is 0 Å². The van der Waals surface area contributed by atoms with Gasteiger partial charge in [0.15, 0.2) is 5.96 Å². The molecule has 0 aliphatic carbocycles. The number of aromatic nitrogens is 1. The molecule has 0 unspecified atom stereocenters. The van der Waals surface area contributed by atoms with Crippen LogP contribution in [0.15, 0.2) is 65.9 Å². The van der Waals surface area contributed by atoms with Gasteiger partial charge in [0.1, 0.15) is 18.7 Å². The molecule has 0 saturated carbocycles. The fourth-order valence-electron chi connectivity index (χ4n) is 4.31. The van der Waals surface area contributed by atoms with E-state index >= 15 is 0 Å². The lowest BCUT2D eigenvalue weighted by Crippen LogP contribution is -2.57. The van der Waals surface area contributed by atoms with E-state index in [1.807, 2.05) is 58.0 Å². The topological polar surface area (TPSA) is 203 Å². The highest BCUT2D eigenvalue weighted by Gasteiger charge is 2.29. The predicted molar refractivity (Wildman–Crippen MR) is 178 cm³/mol. The van der Waals surface area contributed by atoms with Crippen LogP contribution in [0.4, 0.5) is 4.79 Å². The quantitative estimate of drug-likeness (QED) is 0.0618. The zero-order valence-corrected chi connectivity index (χ0v) is 27.1. The second-order valence-corrected chi connectivity index (χ2v) is 11.6. The third-order valence-corrected chi connectivity index (χ3v) is 6.87. The summed E-state index contributed by atoms with van der Waals surface area (Å²) in [5, 5.41) is 11.2. The Balaban J connectivity index is 2.06. The van der Waals surface area contributed by atoms with Gasteiger partial charge in [-0.1, -0.05) is 58.0 Å². The van der Waals surface area contributed by atoms with Crippen LogP contribution in [0.3, 0.4) is 0 Å². The van der Waals surface area contributed by atoms with Gasteiger partial charge >= 0.3 is 6.09 Å². The van der Waals surface area contributed by atoms with E-state index in [9.17, 15) is 19.2 Å². The number of hydrogen-bond acceptors (Lipinski definition) is 7. The van der Waals surface area contributed by atoms with Gasteiger partial charge in [-0.2, -0.15) is 0 Å². The molecule has 1 aromatic heterocycles. The fraction of sp³-hybridized carbons (Fsp3) is 0.455. The lowest BCUT2D eigenvalue weighted by molar-refractivity contribution is -0.131. The predicted octanol–water partition coefficient (Wildman–Crippen LogP) is 2.23. The van der Waals surface area contributed by atoms with Crippen molar-refractivity contribution in [3.8, 4) is 0 Å². The maximum atomic E-state index is 13.5. The Hall–Kier alpha value is -4.94. The van der Waals surface area contributed by atoms with Gasteiger partial charge in [0.25, 0.3) is 0 Å². The molecule has 0 bridgehead atoms. The Morgan fingerprint density at radius 2 is 1.59 bits per heavy atom. The molecule has 4 amide bonds. The van der Waals surface area contributed by atoms with Crippen LogP contribution in [0.5, 0.6) is 0 Å². The molecule has 46 heavy (non-hydrogen) atoms. The summed E-state index contributed by atoms with van der Waals surface area (Å²) in [6.07, 6.45) is 6.53. The Kier molecular flexibility index (Phi) is 16.3. The van der Waals surface area contributed by atoms with Crippen LogP contribution in [-0.4, -0.2) is 66.0 Å². The highest BCUT2D eigenvalue weighted by molar-refractivity contribution is 5.92. The molecule has 0 aliphatic rings. The number of ether oxygens (including phenoxy) is 1. The lowest BCUT2D eigenvalue weighted by atomic mass is 9.99. The molecule has 13 nitrogen and oxygen atoms in total. The molecule has 2 rings (SSSR count).